The largest absolute Gasteiger partial charge is 0.143 e. The molecule has 0 aliphatic heterocycles. The van der Waals surface area contributed by atoms with Gasteiger partial charge in [0.15, 0.2) is 0 Å². The molecule has 1 aromatic heterocycles. The van der Waals surface area contributed by atoms with E-state index in [-0.39, 0.29) is 0 Å². The van der Waals surface area contributed by atoms with Gasteiger partial charge in [0.1, 0.15) is 8.30 Å². The smallest absolute Gasteiger partial charge is 0.131 e. The minimum Gasteiger partial charge on any atom is -0.143 e. The number of aromatic nitrogens is 2. The molecule has 1 aromatic rings. The summed E-state index contributed by atoms with van der Waals surface area (Å²) in [6.45, 7) is 1.99. The second kappa shape index (κ2) is 2.92. The van der Waals surface area contributed by atoms with Crippen LogP contribution in [0.2, 0.25) is 0 Å². The Labute approximate surface area is 75.3 Å². The summed E-state index contributed by atoms with van der Waals surface area (Å²) in [4.78, 5) is 0. The van der Waals surface area contributed by atoms with Crippen molar-refractivity contribution in [3.05, 3.63) is 19.9 Å². The molecule has 0 fully saturated rings. The molecular weight excluding hydrogens is 295 g/mol. The van der Waals surface area contributed by atoms with Gasteiger partial charge >= 0.3 is 0 Å². The fourth-order valence-electron chi connectivity index (χ4n) is 0.438. The summed E-state index contributed by atoms with van der Waals surface area (Å²) in [7, 11) is 0. The van der Waals surface area contributed by atoms with E-state index in [1.165, 1.54) is 0 Å². The highest BCUT2D eigenvalue weighted by atomic mass is 127. The van der Waals surface area contributed by atoms with Gasteiger partial charge in [0.2, 0.25) is 0 Å². The zero-order valence-corrected chi connectivity index (χ0v) is 8.47. The van der Waals surface area contributed by atoms with E-state index in [2.05, 4.69) is 48.7 Å². The minimum atomic E-state index is 0.822. The normalized spacial score (nSPS) is 9.67. The maximum atomic E-state index is 3.84. The monoisotopic (exact) mass is 298 g/mol. The Bertz CT molecular complexity index is 226. The molecule has 0 aliphatic carbocycles. The van der Waals surface area contributed by atoms with Crippen LogP contribution in [0.4, 0.5) is 0 Å². The van der Waals surface area contributed by atoms with Crippen molar-refractivity contribution in [2.24, 2.45) is 0 Å². The molecule has 1 rings (SSSR count). The molecule has 0 aliphatic rings. The molecule has 1 heterocycles. The molecule has 2 nitrogen and oxygen atoms in total. The number of hydrogen-bond donors (Lipinski definition) is 0. The van der Waals surface area contributed by atoms with Crippen molar-refractivity contribution in [3.63, 3.8) is 0 Å². The molecule has 0 unspecified atom stereocenters. The Balaban J connectivity index is 3.17. The van der Waals surface area contributed by atoms with E-state index in [1.54, 1.807) is 0 Å². The predicted molar refractivity (Wildman–Crippen MR) is 47.2 cm³/mol. The van der Waals surface area contributed by atoms with Crippen LogP contribution in [0.15, 0.2) is 10.7 Å². The van der Waals surface area contributed by atoms with Gasteiger partial charge in [0.05, 0.1) is 0 Å². The number of nitrogens with zero attached hydrogens (tertiary/aromatic N) is 2. The molecule has 4 heteroatoms. The Morgan fingerprint density at radius 3 is 2.67 bits per heavy atom. The average molecular weight is 299 g/mol. The minimum absolute atomic E-state index is 0.822. The predicted octanol–water partition coefficient (Wildman–Crippen LogP) is 2.15. The van der Waals surface area contributed by atoms with Crippen LogP contribution in [0.25, 0.3) is 0 Å². The highest BCUT2D eigenvalue weighted by Gasteiger charge is 1.95. The van der Waals surface area contributed by atoms with Crippen LogP contribution < -0.4 is 0 Å². The van der Waals surface area contributed by atoms with Crippen LogP contribution in [-0.4, -0.2) is 10.2 Å². The summed E-state index contributed by atoms with van der Waals surface area (Å²) in [5, 5.41) is 7.67. The maximum Gasteiger partial charge on any atom is 0.131 e. The first-order valence-corrected chi connectivity index (χ1v) is 4.22. The molecular formula is C5H4BrIN2. The lowest BCUT2D eigenvalue weighted by molar-refractivity contribution is 0.961. The zero-order valence-electron chi connectivity index (χ0n) is 4.73. The second-order valence-corrected chi connectivity index (χ2v) is 3.50. The van der Waals surface area contributed by atoms with Crippen molar-refractivity contribution in [2.75, 3.05) is 0 Å². The van der Waals surface area contributed by atoms with E-state index in [1.807, 2.05) is 13.0 Å². The van der Waals surface area contributed by atoms with Gasteiger partial charge in [-0.2, -0.15) is 0 Å². The summed E-state index contributed by atoms with van der Waals surface area (Å²) in [5.41, 5.74) is 1.12. The topological polar surface area (TPSA) is 25.8 Å². The van der Waals surface area contributed by atoms with Crippen molar-refractivity contribution in [1.82, 2.24) is 10.2 Å². The number of aryl methyl sites for hydroxylation is 1. The molecule has 0 N–H and O–H groups in total. The summed E-state index contributed by atoms with van der Waals surface area (Å²) >= 11 is 5.38. The quantitative estimate of drug-likeness (QED) is 0.686. The summed E-state index contributed by atoms with van der Waals surface area (Å²) in [6.07, 6.45) is 0. The van der Waals surface area contributed by atoms with Gasteiger partial charge in [-0.05, 0) is 57.1 Å². The third kappa shape index (κ3) is 1.86. The van der Waals surface area contributed by atoms with Crippen LogP contribution in [-0.2, 0) is 0 Å². The summed E-state index contributed by atoms with van der Waals surface area (Å²) < 4.78 is 1.75. The third-order valence-electron chi connectivity index (χ3n) is 0.894. The lowest BCUT2D eigenvalue weighted by Crippen LogP contribution is -1.88. The van der Waals surface area contributed by atoms with Crippen molar-refractivity contribution < 1.29 is 0 Å². The van der Waals surface area contributed by atoms with Crippen molar-refractivity contribution in [3.8, 4) is 0 Å². The highest BCUT2D eigenvalue weighted by Crippen LogP contribution is 2.11. The van der Waals surface area contributed by atoms with Gasteiger partial charge in [-0.3, -0.25) is 0 Å². The lowest BCUT2D eigenvalue weighted by atomic mass is 10.4. The van der Waals surface area contributed by atoms with Gasteiger partial charge in [0, 0.05) is 0 Å². The van der Waals surface area contributed by atoms with Gasteiger partial charge in [0.25, 0.3) is 0 Å². The maximum absolute atomic E-state index is 3.84. The van der Waals surface area contributed by atoms with Crippen molar-refractivity contribution >= 4 is 38.5 Å². The van der Waals surface area contributed by atoms with Gasteiger partial charge in [-0.15, -0.1) is 10.2 Å². The van der Waals surface area contributed by atoms with E-state index in [0.29, 0.717) is 0 Å². The first-order valence-electron chi connectivity index (χ1n) is 2.35. The van der Waals surface area contributed by atoms with Gasteiger partial charge in [-0.1, -0.05) is 0 Å². The lowest BCUT2D eigenvalue weighted by Gasteiger charge is -1.93. The van der Waals surface area contributed by atoms with Crippen molar-refractivity contribution in [2.45, 2.75) is 6.92 Å². The van der Waals surface area contributed by atoms with Crippen LogP contribution in [0.1, 0.15) is 5.56 Å². The van der Waals surface area contributed by atoms with E-state index in [9.17, 15) is 0 Å². The Morgan fingerprint density at radius 2 is 2.22 bits per heavy atom. The second-order valence-electron chi connectivity index (χ2n) is 1.64. The van der Waals surface area contributed by atoms with E-state index >= 15 is 0 Å². The average Bonchev–Trinajstić information content (AvgIpc) is 1.80. The number of halogens is 2. The first kappa shape index (κ1) is 7.40. The first-order chi connectivity index (χ1) is 4.20. The van der Waals surface area contributed by atoms with E-state index in [0.717, 1.165) is 13.9 Å². The van der Waals surface area contributed by atoms with Crippen molar-refractivity contribution in [1.29, 1.82) is 0 Å². The van der Waals surface area contributed by atoms with E-state index < -0.39 is 0 Å². The molecule has 0 saturated carbocycles. The van der Waals surface area contributed by atoms with Gasteiger partial charge < -0.3 is 0 Å². The molecule has 0 bridgehead atoms. The number of hydrogen-bond acceptors (Lipinski definition) is 2. The Kier molecular flexibility index (Phi) is 2.40. The van der Waals surface area contributed by atoms with Crippen LogP contribution >= 0.6 is 38.5 Å². The molecule has 0 aromatic carbocycles. The molecule has 0 radical (unpaired) electrons. The molecule has 0 atom stereocenters. The zero-order chi connectivity index (χ0) is 6.85. The SMILES string of the molecule is Cc1cc(I)nnc1Br. The Hall–Kier alpha value is 0.290. The standard InChI is InChI=1S/C5H4BrIN2/c1-3-2-4(7)8-9-5(3)6/h2H,1H3. The van der Waals surface area contributed by atoms with Crippen LogP contribution in [0.5, 0.6) is 0 Å². The fraction of sp³-hybridized carbons (Fsp3) is 0.200. The fourth-order valence-corrected chi connectivity index (χ4v) is 1.21. The highest BCUT2D eigenvalue weighted by molar-refractivity contribution is 14.1. The summed E-state index contributed by atoms with van der Waals surface area (Å²) in [6, 6.07) is 1.97. The summed E-state index contributed by atoms with van der Waals surface area (Å²) in [5.74, 6) is 0. The molecule has 48 valence electrons. The van der Waals surface area contributed by atoms with Crippen LogP contribution in [0.3, 0.4) is 0 Å². The molecule has 0 spiro atoms. The molecule has 9 heavy (non-hydrogen) atoms. The third-order valence-corrected chi connectivity index (χ3v) is 2.21. The Morgan fingerprint density at radius 1 is 1.56 bits per heavy atom. The molecule has 0 saturated heterocycles. The molecule has 0 amide bonds. The van der Waals surface area contributed by atoms with E-state index in [4.69, 9.17) is 0 Å². The number of rotatable bonds is 0. The van der Waals surface area contributed by atoms with Gasteiger partial charge in [-0.25, -0.2) is 0 Å². The van der Waals surface area contributed by atoms with Crippen LogP contribution in [0, 0.1) is 10.6 Å².